The van der Waals surface area contributed by atoms with Crippen molar-refractivity contribution in [2.24, 2.45) is 10.9 Å². The summed E-state index contributed by atoms with van der Waals surface area (Å²) in [5, 5.41) is 6.91. The minimum Gasteiger partial charge on any atom is -0.469 e. The third-order valence-corrected chi connectivity index (χ3v) is 4.41. The zero-order valence-corrected chi connectivity index (χ0v) is 17.2. The second kappa shape index (κ2) is 13.9. The molecule has 1 aliphatic carbocycles. The van der Waals surface area contributed by atoms with Crippen molar-refractivity contribution in [3.63, 3.8) is 0 Å². The van der Waals surface area contributed by atoms with E-state index in [1.54, 1.807) is 0 Å². The Morgan fingerprint density at radius 3 is 2.39 bits per heavy atom. The maximum atomic E-state index is 11.0. The lowest BCUT2D eigenvalue weighted by Gasteiger charge is -2.28. The van der Waals surface area contributed by atoms with Crippen molar-refractivity contribution in [1.82, 2.24) is 10.6 Å². The number of rotatable bonds is 8. The van der Waals surface area contributed by atoms with Crippen molar-refractivity contribution in [1.29, 1.82) is 0 Å². The van der Waals surface area contributed by atoms with Crippen LogP contribution < -0.4 is 10.6 Å². The van der Waals surface area contributed by atoms with Gasteiger partial charge in [-0.1, -0.05) is 19.8 Å². The van der Waals surface area contributed by atoms with Crippen molar-refractivity contribution in [3.8, 4) is 0 Å². The Bertz CT molecular complexity index is 343. The molecule has 0 unspecified atom stereocenters. The molecule has 0 aromatic rings. The summed E-state index contributed by atoms with van der Waals surface area (Å²) in [7, 11) is 3.27. The average Bonchev–Trinajstić information content (AvgIpc) is 2.54. The van der Waals surface area contributed by atoms with Crippen LogP contribution in [0.1, 0.15) is 64.7 Å². The van der Waals surface area contributed by atoms with Gasteiger partial charge in [0.2, 0.25) is 0 Å². The molecule has 136 valence electrons. The van der Waals surface area contributed by atoms with Gasteiger partial charge in [-0.2, -0.15) is 0 Å². The number of methoxy groups -OCH3 is 1. The van der Waals surface area contributed by atoms with E-state index in [-0.39, 0.29) is 29.9 Å². The fourth-order valence-electron chi connectivity index (χ4n) is 2.85. The standard InChI is InChI=1S/C17H33N3O2.HI/c1-14-9-11-15(12-10-14)20-17(18-2)19-13-7-5-4-6-8-16(21)22-3;/h14-15H,4-13H2,1-3H3,(H2,18,19,20);1H. The summed E-state index contributed by atoms with van der Waals surface area (Å²) in [4.78, 5) is 15.3. The van der Waals surface area contributed by atoms with Crippen LogP contribution >= 0.6 is 24.0 Å². The number of carbonyl (C=O) groups is 1. The Morgan fingerprint density at radius 1 is 1.13 bits per heavy atom. The van der Waals surface area contributed by atoms with Crippen LogP contribution in [0, 0.1) is 5.92 Å². The lowest BCUT2D eigenvalue weighted by atomic mass is 9.87. The van der Waals surface area contributed by atoms with Gasteiger partial charge >= 0.3 is 5.97 Å². The Hall–Kier alpha value is -0.530. The van der Waals surface area contributed by atoms with Gasteiger partial charge in [-0.15, -0.1) is 24.0 Å². The first-order chi connectivity index (χ1) is 10.7. The van der Waals surface area contributed by atoms with Crippen LogP contribution in [0.2, 0.25) is 0 Å². The number of nitrogens with zero attached hydrogens (tertiary/aromatic N) is 1. The highest BCUT2D eigenvalue weighted by atomic mass is 127. The molecule has 0 atom stereocenters. The molecule has 0 spiro atoms. The molecule has 0 aliphatic heterocycles. The lowest BCUT2D eigenvalue weighted by molar-refractivity contribution is -0.140. The molecule has 0 aromatic carbocycles. The van der Waals surface area contributed by atoms with Crippen LogP contribution in [0.25, 0.3) is 0 Å². The second-order valence-electron chi connectivity index (χ2n) is 6.34. The zero-order valence-electron chi connectivity index (χ0n) is 14.9. The molecule has 1 fully saturated rings. The summed E-state index contributed by atoms with van der Waals surface area (Å²) in [6.07, 6.45) is 9.87. The van der Waals surface area contributed by atoms with E-state index in [0.29, 0.717) is 12.5 Å². The molecule has 1 rings (SSSR count). The summed E-state index contributed by atoms with van der Waals surface area (Å²) in [6.45, 7) is 3.27. The molecule has 6 heteroatoms. The smallest absolute Gasteiger partial charge is 0.305 e. The van der Waals surface area contributed by atoms with E-state index in [0.717, 1.165) is 44.1 Å². The van der Waals surface area contributed by atoms with Crippen LogP contribution in [0.3, 0.4) is 0 Å². The number of ether oxygens (including phenoxy) is 1. The molecule has 1 aliphatic rings. The summed E-state index contributed by atoms with van der Waals surface area (Å²) < 4.78 is 4.63. The summed E-state index contributed by atoms with van der Waals surface area (Å²) >= 11 is 0. The molecule has 0 bridgehead atoms. The summed E-state index contributed by atoms with van der Waals surface area (Å²) in [6, 6.07) is 0.572. The van der Waals surface area contributed by atoms with Gasteiger partial charge in [0, 0.05) is 26.1 Å². The molecule has 0 saturated heterocycles. The minimum absolute atomic E-state index is 0. The second-order valence-corrected chi connectivity index (χ2v) is 6.34. The largest absolute Gasteiger partial charge is 0.469 e. The van der Waals surface area contributed by atoms with Crippen LogP contribution in [-0.2, 0) is 9.53 Å². The number of guanidine groups is 1. The van der Waals surface area contributed by atoms with E-state index in [1.807, 2.05) is 7.05 Å². The first-order valence-corrected chi connectivity index (χ1v) is 8.69. The van der Waals surface area contributed by atoms with E-state index in [4.69, 9.17) is 0 Å². The predicted octanol–water partition coefficient (Wildman–Crippen LogP) is 3.47. The molecule has 2 N–H and O–H groups in total. The van der Waals surface area contributed by atoms with Crippen LogP contribution in [0.15, 0.2) is 4.99 Å². The zero-order chi connectivity index (χ0) is 16.2. The van der Waals surface area contributed by atoms with Crippen molar-refractivity contribution in [3.05, 3.63) is 0 Å². The van der Waals surface area contributed by atoms with Gasteiger partial charge in [0.1, 0.15) is 0 Å². The van der Waals surface area contributed by atoms with Crippen molar-refractivity contribution in [2.45, 2.75) is 70.8 Å². The minimum atomic E-state index is -0.107. The Kier molecular flexibility index (Phi) is 13.5. The van der Waals surface area contributed by atoms with Gasteiger partial charge in [0.25, 0.3) is 0 Å². The summed E-state index contributed by atoms with van der Waals surface area (Å²) in [5.41, 5.74) is 0. The van der Waals surface area contributed by atoms with Gasteiger partial charge in [0.05, 0.1) is 7.11 Å². The fraction of sp³-hybridized carbons (Fsp3) is 0.882. The number of carbonyl (C=O) groups excluding carboxylic acids is 1. The summed E-state index contributed by atoms with van der Waals surface area (Å²) in [5.74, 6) is 1.69. The number of nitrogens with one attached hydrogen (secondary N) is 2. The van der Waals surface area contributed by atoms with E-state index < -0.39 is 0 Å². The Labute approximate surface area is 158 Å². The SMILES string of the molecule is CN=C(NCCCCCCC(=O)OC)NC1CCC(C)CC1.I. The van der Waals surface area contributed by atoms with Crippen molar-refractivity contribution >= 4 is 35.9 Å². The molecule has 0 heterocycles. The number of hydrogen-bond acceptors (Lipinski definition) is 3. The highest BCUT2D eigenvalue weighted by Crippen LogP contribution is 2.23. The van der Waals surface area contributed by atoms with Crippen LogP contribution in [0.5, 0.6) is 0 Å². The highest BCUT2D eigenvalue weighted by molar-refractivity contribution is 14.0. The molecular weight excluding hydrogens is 405 g/mol. The highest BCUT2D eigenvalue weighted by Gasteiger charge is 2.18. The number of esters is 1. The maximum Gasteiger partial charge on any atom is 0.305 e. The molecular formula is C17H34IN3O2. The topological polar surface area (TPSA) is 62.7 Å². The maximum absolute atomic E-state index is 11.0. The van der Waals surface area contributed by atoms with Crippen LogP contribution in [-0.4, -0.2) is 38.7 Å². The number of halogens is 1. The van der Waals surface area contributed by atoms with E-state index in [2.05, 4.69) is 27.3 Å². The Morgan fingerprint density at radius 2 is 1.78 bits per heavy atom. The molecule has 0 radical (unpaired) electrons. The number of aliphatic imine (C=N–C) groups is 1. The molecule has 5 nitrogen and oxygen atoms in total. The lowest BCUT2D eigenvalue weighted by Crippen LogP contribution is -2.44. The van der Waals surface area contributed by atoms with Gasteiger partial charge in [-0.3, -0.25) is 9.79 Å². The molecule has 0 amide bonds. The number of hydrogen-bond donors (Lipinski definition) is 2. The van der Waals surface area contributed by atoms with Gasteiger partial charge in [-0.05, 0) is 44.4 Å². The third-order valence-electron chi connectivity index (χ3n) is 4.41. The molecule has 1 saturated carbocycles. The number of unbranched alkanes of at least 4 members (excludes halogenated alkanes) is 3. The normalized spacial score (nSPS) is 21.3. The van der Waals surface area contributed by atoms with Crippen molar-refractivity contribution in [2.75, 3.05) is 20.7 Å². The monoisotopic (exact) mass is 439 g/mol. The first kappa shape index (κ1) is 22.5. The third kappa shape index (κ3) is 10.8. The van der Waals surface area contributed by atoms with Gasteiger partial charge < -0.3 is 15.4 Å². The predicted molar refractivity (Wildman–Crippen MR) is 106 cm³/mol. The molecule has 23 heavy (non-hydrogen) atoms. The fourth-order valence-corrected chi connectivity index (χ4v) is 2.85. The van der Waals surface area contributed by atoms with Gasteiger partial charge in [-0.25, -0.2) is 0 Å². The Balaban J connectivity index is 0.00000484. The van der Waals surface area contributed by atoms with E-state index in [9.17, 15) is 4.79 Å². The first-order valence-electron chi connectivity index (χ1n) is 8.69. The van der Waals surface area contributed by atoms with E-state index >= 15 is 0 Å². The van der Waals surface area contributed by atoms with Crippen molar-refractivity contribution < 1.29 is 9.53 Å². The van der Waals surface area contributed by atoms with Crippen LogP contribution in [0.4, 0.5) is 0 Å². The quantitative estimate of drug-likeness (QED) is 0.200. The van der Waals surface area contributed by atoms with Gasteiger partial charge in [0.15, 0.2) is 5.96 Å². The van der Waals surface area contributed by atoms with E-state index in [1.165, 1.54) is 32.8 Å². The average molecular weight is 439 g/mol. The molecule has 0 aromatic heterocycles.